The van der Waals surface area contributed by atoms with E-state index >= 15 is 0 Å². The van der Waals surface area contributed by atoms with Gasteiger partial charge in [-0.1, -0.05) is 34.1 Å². The molecule has 1 aliphatic rings. The molecule has 0 aromatic heterocycles. The van der Waals surface area contributed by atoms with E-state index < -0.39 is 12.3 Å². The molecule has 2 atom stereocenters. The molecule has 1 heterocycles. The molecule has 1 fully saturated rings. The maximum absolute atomic E-state index is 10.5. The Kier molecular flexibility index (Phi) is 3.58. The lowest BCUT2D eigenvalue weighted by Crippen LogP contribution is -2.15. The Bertz CT molecular complexity index is 393. The first-order valence-corrected chi connectivity index (χ1v) is 5.69. The van der Waals surface area contributed by atoms with Crippen LogP contribution in [0.15, 0.2) is 28.7 Å². The van der Waals surface area contributed by atoms with Gasteiger partial charge in [0.15, 0.2) is 6.29 Å². The highest BCUT2D eigenvalue weighted by Gasteiger charge is 2.29. The van der Waals surface area contributed by atoms with Crippen LogP contribution >= 0.6 is 15.9 Å². The Morgan fingerprint density at radius 3 is 2.94 bits per heavy atom. The molecule has 0 spiro atoms. The molecule has 16 heavy (non-hydrogen) atoms. The highest BCUT2D eigenvalue weighted by molar-refractivity contribution is 9.10. The molecular formula is C11H11BrO4. The normalized spacial score (nSPS) is 24.6. The van der Waals surface area contributed by atoms with Crippen LogP contribution < -0.4 is 0 Å². The van der Waals surface area contributed by atoms with Crippen LogP contribution in [0.1, 0.15) is 18.3 Å². The third-order valence-corrected chi connectivity index (χ3v) is 3.03. The van der Waals surface area contributed by atoms with Crippen LogP contribution in [-0.4, -0.2) is 23.8 Å². The van der Waals surface area contributed by atoms with Crippen molar-refractivity contribution in [2.24, 2.45) is 0 Å². The Morgan fingerprint density at radius 1 is 1.50 bits per heavy atom. The topological polar surface area (TPSA) is 55.8 Å². The molecule has 1 N–H and O–H groups in total. The second kappa shape index (κ2) is 4.95. The Morgan fingerprint density at radius 2 is 2.25 bits per heavy atom. The molecule has 4 nitrogen and oxygen atoms in total. The molecule has 86 valence electrons. The zero-order valence-corrected chi connectivity index (χ0v) is 10.0. The first kappa shape index (κ1) is 11.6. The third-order valence-electron chi connectivity index (χ3n) is 2.31. The zero-order chi connectivity index (χ0) is 11.5. The fourth-order valence-corrected chi connectivity index (χ4v) is 2.05. The van der Waals surface area contributed by atoms with Crippen molar-refractivity contribution in [2.45, 2.75) is 18.8 Å². The number of hydrogen-bond acceptors (Lipinski definition) is 3. The van der Waals surface area contributed by atoms with Crippen LogP contribution in [-0.2, 0) is 14.3 Å². The molecule has 2 rings (SSSR count). The quantitative estimate of drug-likeness (QED) is 0.927. The maximum Gasteiger partial charge on any atom is 0.306 e. The molecule has 0 aliphatic carbocycles. The average molecular weight is 287 g/mol. The van der Waals surface area contributed by atoms with E-state index in [0.717, 1.165) is 10.0 Å². The summed E-state index contributed by atoms with van der Waals surface area (Å²) in [4.78, 5) is 10.5. The Labute approximate surface area is 101 Å². The smallest absolute Gasteiger partial charge is 0.306 e. The van der Waals surface area contributed by atoms with E-state index in [-0.39, 0.29) is 12.5 Å². The van der Waals surface area contributed by atoms with Gasteiger partial charge >= 0.3 is 5.97 Å². The molecule has 1 aromatic carbocycles. The fraction of sp³-hybridized carbons (Fsp3) is 0.364. The summed E-state index contributed by atoms with van der Waals surface area (Å²) in [5.41, 5.74) is 0.885. The number of halogens is 1. The van der Waals surface area contributed by atoms with Crippen molar-refractivity contribution in [2.75, 3.05) is 6.61 Å². The van der Waals surface area contributed by atoms with E-state index in [1.165, 1.54) is 0 Å². The van der Waals surface area contributed by atoms with E-state index in [4.69, 9.17) is 14.6 Å². The van der Waals surface area contributed by atoms with E-state index in [1.807, 2.05) is 24.3 Å². The van der Waals surface area contributed by atoms with Crippen molar-refractivity contribution in [3.05, 3.63) is 34.3 Å². The van der Waals surface area contributed by atoms with E-state index in [0.29, 0.717) is 6.61 Å². The summed E-state index contributed by atoms with van der Waals surface area (Å²) in [5.74, 6) is -0.874. The molecule has 1 aromatic rings. The summed E-state index contributed by atoms with van der Waals surface area (Å²) in [5, 5.41) is 8.64. The van der Waals surface area contributed by atoms with Crippen LogP contribution in [0.4, 0.5) is 0 Å². The average Bonchev–Trinajstić information content (AvgIpc) is 2.66. The lowest BCUT2D eigenvalue weighted by Gasteiger charge is -2.12. The van der Waals surface area contributed by atoms with Crippen molar-refractivity contribution < 1.29 is 19.4 Å². The first-order chi connectivity index (χ1) is 7.66. The summed E-state index contributed by atoms with van der Waals surface area (Å²) >= 11 is 3.40. The lowest BCUT2D eigenvalue weighted by molar-refractivity contribution is -0.140. The van der Waals surface area contributed by atoms with Crippen LogP contribution in [0.3, 0.4) is 0 Å². The van der Waals surface area contributed by atoms with Crippen molar-refractivity contribution in [1.29, 1.82) is 0 Å². The second-order valence-electron chi connectivity index (χ2n) is 3.54. The van der Waals surface area contributed by atoms with Crippen LogP contribution in [0.2, 0.25) is 0 Å². The van der Waals surface area contributed by atoms with Crippen molar-refractivity contribution in [3.8, 4) is 0 Å². The molecular weight excluding hydrogens is 276 g/mol. The van der Waals surface area contributed by atoms with Gasteiger partial charge in [0.25, 0.3) is 0 Å². The van der Waals surface area contributed by atoms with Crippen molar-refractivity contribution in [1.82, 2.24) is 0 Å². The van der Waals surface area contributed by atoms with Crippen LogP contribution in [0, 0.1) is 0 Å². The minimum absolute atomic E-state index is 0.0268. The number of ether oxygens (including phenoxy) is 2. The number of carbonyl (C=O) groups is 1. The molecule has 0 bridgehead atoms. The number of hydrogen-bond donors (Lipinski definition) is 1. The van der Waals surface area contributed by atoms with Crippen LogP contribution in [0.5, 0.6) is 0 Å². The van der Waals surface area contributed by atoms with Crippen molar-refractivity contribution >= 4 is 21.9 Å². The van der Waals surface area contributed by atoms with Gasteiger partial charge in [-0.15, -0.1) is 0 Å². The maximum atomic E-state index is 10.5. The molecule has 1 saturated heterocycles. The van der Waals surface area contributed by atoms with Gasteiger partial charge in [-0.25, -0.2) is 0 Å². The fourth-order valence-electron chi connectivity index (χ4n) is 1.58. The Hall–Kier alpha value is -0.910. The second-order valence-corrected chi connectivity index (χ2v) is 4.40. The van der Waals surface area contributed by atoms with Gasteiger partial charge in [-0.3, -0.25) is 4.79 Å². The zero-order valence-electron chi connectivity index (χ0n) is 8.43. The number of benzene rings is 1. The number of carboxylic acids is 1. The number of carboxylic acid groups (broad SMARTS) is 1. The van der Waals surface area contributed by atoms with Crippen LogP contribution in [0.25, 0.3) is 0 Å². The minimum Gasteiger partial charge on any atom is -0.481 e. The third kappa shape index (κ3) is 2.61. The highest BCUT2D eigenvalue weighted by atomic mass is 79.9. The molecule has 2 unspecified atom stereocenters. The van der Waals surface area contributed by atoms with E-state index in [2.05, 4.69) is 15.9 Å². The van der Waals surface area contributed by atoms with E-state index in [9.17, 15) is 4.79 Å². The van der Waals surface area contributed by atoms with E-state index in [1.54, 1.807) is 0 Å². The summed E-state index contributed by atoms with van der Waals surface area (Å²) in [6.45, 7) is 0.318. The van der Waals surface area contributed by atoms with Gasteiger partial charge in [-0.2, -0.15) is 0 Å². The summed E-state index contributed by atoms with van der Waals surface area (Å²) in [7, 11) is 0. The summed E-state index contributed by atoms with van der Waals surface area (Å²) in [6, 6.07) is 7.57. The Balaban J connectivity index is 2.04. The van der Waals surface area contributed by atoms with Gasteiger partial charge in [-0.05, 0) is 6.07 Å². The predicted molar refractivity (Wildman–Crippen MR) is 60.0 cm³/mol. The number of aliphatic carboxylic acids is 1. The highest BCUT2D eigenvalue weighted by Crippen LogP contribution is 2.32. The first-order valence-electron chi connectivity index (χ1n) is 4.90. The standard InChI is InChI=1S/C11H11BrO4/c12-9-4-2-1-3-8(9)11-15-6-7(16-11)5-10(13)14/h1-4,7,11H,5-6H2,(H,13,14). The largest absolute Gasteiger partial charge is 0.481 e. The molecule has 1 aliphatic heterocycles. The summed E-state index contributed by atoms with van der Waals surface area (Å²) in [6.07, 6.45) is -0.865. The van der Waals surface area contributed by atoms with Gasteiger partial charge in [0, 0.05) is 10.0 Å². The number of rotatable bonds is 3. The molecule has 0 saturated carbocycles. The van der Waals surface area contributed by atoms with Gasteiger partial charge < -0.3 is 14.6 Å². The molecule has 5 heteroatoms. The van der Waals surface area contributed by atoms with Crippen molar-refractivity contribution in [3.63, 3.8) is 0 Å². The SMILES string of the molecule is O=C(O)CC1COC(c2ccccc2Br)O1. The summed E-state index contributed by atoms with van der Waals surface area (Å²) < 4.78 is 11.8. The lowest BCUT2D eigenvalue weighted by atomic mass is 10.2. The molecule has 0 radical (unpaired) electrons. The minimum atomic E-state index is -0.874. The monoisotopic (exact) mass is 286 g/mol. The predicted octanol–water partition coefficient (Wildman–Crippen LogP) is 2.34. The molecule has 0 amide bonds. The van der Waals surface area contributed by atoms with Gasteiger partial charge in [0.2, 0.25) is 0 Å². The van der Waals surface area contributed by atoms with Gasteiger partial charge in [0.05, 0.1) is 19.1 Å². The van der Waals surface area contributed by atoms with Gasteiger partial charge in [0.1, 0.15) is 0 Å².